The lowest BCUT2D eigenvalue weighted by Gasteiger charge is -2.32. The van der Waals surface area contributed by atoms with E-state index in [2.05, 4.69) is 60.9 Å². The van der Waals surface area contributed by atoms with Gasteiger partial charge < -0.3 is 10.6 Å². The molecule has 1 aromatic carbocycles. The van der Waals surface area contributed by atoms with E-state index in [9.17, 15) is 0 Å². The Bertz CT molecular complexity index is 619. The molecule has 0 unspecified atom stereocenters. The van der Waals surface area contributed by atoms with E-state index in [1.165, 1.54) is 24.8 Å². The van der Waals surface area contributed by atoms with Crippen LogP contribution < -0.4 is 10.6 Å². The summed E-state index contributed by atoms with van der Waals surface area (Å²) in [6.07, 6.45) is 8.85. The van der Waals surface area contributed by atoms with Crippen molar-refractivity contribution in [3.63, 3.8) is 0 Å². The van der Waals surface area contributed by atoms with Crippen molar-refractivity contribution in [2.45, 2.75) is 45.1 Å². The Morgan fingerprint density at radius 3 is 2.65 bits per heavy atom. The van der Waals surface area contributed by atoms with Crippen LogP contribution in [0.4, 0.5) is 5.69 Å². The van der Waals surface area contributed by atoms with Gasteiger partial charge in [-0.3, -0.25) is 0 Å². The summed E-state index contributed by atoms with van der Waals surface area (Å²) in [5.74, 6) is 4.00. The normalized spacial score (nSPS) is 34.0. The summed E-state index contributed by atoms with van der Waals surface area (Å²) in [5, 5.41) is 7.73. The highest BCUT2D eigenvalue weighted by atomic mass is 32.1. The van der Waals surface area contributed by atoms with E-state index < -0.39 is 0 Å². The molecule has 2 saturated carbocycles. The molecule has 5 atom stereocenters. The van der Waals surface area contributed by atoms with Gasteiger partial charge in [-0.25, -0.2) is 0 Å². The van der Waals surface area contributed by atoms with E-state index in [-0.39, 0.29) is 0 Å². The predicted molar refractivity (Wildman–Crippen MR) is 101 cm³/mol. The molecule has 0 spiro atoms. The van der Waals surface area contributed by atoms with Gasteiger partial charge in [-0.2, -0.15) is 0 Å². The van der Waals surface area contributed by atoms with Crippen LogP contribution in [0.1, 0.15) is 44.6 Å². The van der Waals surface area contributed by atoms with Crippen LogP contribution >= 0.6 is 12.2 Å². The van der Waals surface area contributed by atoms with Crippen LogP contribution in [0.2, 0.25) is 0 Å². The number of hydrogen-bond acceptors (Lipinski definition) is 1. The second-order valence-electron chi connectivity index (χ2n) is 7.78. The lowest BCUT2D eigenvalue weighted by Crippen LogP contribution is -2.44. The Hall–Kier alpha value is -1.35. The van der Waals surface area contributed by atoms with Gasteiger partial charge in [0.25, 0.3) is 0 Å². The molecular formula is C20H26N2S. The summed E-state index contributed by atoms with van der Waals surface area (Å²) >= 11 is 5.55. The molecule has 0 amide bonds. The van der Waals surface area contributed by atoms with Crippen molar-refractivity contribution in [2.24, 2.45) is 23.7 Å². The number of hydrogen-bond donors (Lipinski definition) is 2. The van der Waals surface area contributed by atoms with Crippen molar-refractivity contribution >= 4 is 23.0 Å². The predicted octanol–water partition coefficient (Wildman–Crippen LogP) is 4.70. The van der Waals surface area contributed by atoms with Gasteiger partial charge >= 0.3 is 0 Å². The number of fused-ring (bicyclic) bond motifs is 5. The first-order chi connectivity index (χ1) is 11.1. The molecule has 4 rings (SSSR count). The van der Waals surface area contributed by atoms with Crippen LogP contribution in [0.3, 0.4) is 0 Å². The second kappa shape index (κ2) is 5.94. The summed E-state index contributed by atoms with van der Waals surface area (Å²) in [6, 6.07) is 9.17. The average molecular weight is 327 g/mol. The van der Waals surface area contributed by atoms with Crippen molar-refractivity contribution in [1.29, 1.82) is 0 Å². The third-order valence-corrected chi connectivity index (χ3v) is 6.38. The van der Waals surface area contributed by atoms with Gasteiger partial charge in [-0.15, -0.1) is 0 Å². The zero-order valence-corrected chi connectivity index (χ0v) is 14.8. The van der Waals surface area contributed by atoms with E-state index in [0.717, 1.165) is 34.5 Å². The van der Waals surface area contributed by atoms with Crippen molar-refractivity contribution in [3.05, 3.63) is 42.0 Å². The van der Waals surface area contributed by atoms with Crippen molar-refractivity contribution in [1.82, 2.24) is 5.32 Å². The van der Waals surface area contributed by atoms with Crippen LogP contribution in [0.25, 0.3) is 0 Å². The molecule has 1 aromatic rings. The average Bonchev–Trinajstić information content (AvgIpc) is 3.19. The molecule has 0 radical (unpaired) electrons. The highest BCUT2D eigenvalue weighted by Crippen LogP contribution is 2.56. The zero-order chi connectivity index (χ0) is 16.0. The maximum atomic E-state index is 5.55. The molecule has 23 heavy (non-hydrogen) atoms. The fourth-order valence-electron chi connectivity index (χ4n) is 5.00. The van der Waals surface area contributed by atoms with Crippen molar-refractivity contribution < 1.29 is 0 Å². The topological polar surface area (TPSA) is 24.1 Å². The first kappa shape index (κ1) is 15.2. The maximum Gasteiger partial charge on any atom is 0.171 e. The Balaban J connectivity index is 1.35. The van der Waals surface area contributed by atoms with Crippen LogP contribution in [0.15, 0.2) is 36.4 Å². The lowest BCUT2D eigenvalue weighted by molar-refractivity contribution is 0.246. The molecule has 3 aliphatic carbocycles. The van der Waals surface area contributed by atoms with E-state index in [1.807, 2.05) is 0 Å². The van der Waals surface area contributed by atoms with Gasteiger partial charge in [-0.05, 0) is 78.8 Å². The van der Waals surface area contributed by atoms with Gasteiger partial charge in [-0.1, -0.05) is 38.1 Å². The molecule has 122 valence electrons. The highest BCUT2D eigenvalue weighted by Gasteiger charge is 2.52. The fraction of sp³-hybridized carbons (Fsp3) is 0.550. The Morgan fingerprint density at radius 2 is 1.91 bits per heavy atom. The number of rotatable bonds is 3. The number of allylic oxidation sites excluding steroid dienone is 2. The summed E-state index contributed by atoms with van der Waals surface area (Å²) in [6.45, 7) is 4.43. The van der Waals surface area contributed by atoms with E-state index in [1.54, 1.807) is 0 Å². The molecule has 2 nitrogen and oxygen atoms in total. The molecule has 0 aromatic heterocycles. The monoisotopic (exact) mass is 326 g/mol. The highest BCUT2D eigenvalue weighted by molar-refractivity contribution is 7.80. The van der Waals surface area contributed by atoms with E-state index in [4.69, 9.17) is 12.2 Å². The van der Waals surface area contributed by atoms with Crippen molar-refractivity contribution in [2.75, 3.05) is 5.32 Å². The fourth-order valence-corrected chi connectivity index (χ4v) is 5.27. The molecule has 2 bridgehead atoms. The van der Waals surface area contributed by atoms with Crippen LogP contribution in [-0.4, -0.2) is 11.2 Å². The first-order valence-corrected chi connectivity index (χ1v) is 9.37. The number of thiocarbonyl (C=S) groups is 1. The summed E-state index contributed by atoms with van der Waals surface area (Å²) < 4.78 is 0. The Kier molecular flexibility index (Phi) is 3.92. The minimum absolute atomic E-state index is 0.555. The molecule has 3 aliphatic rings. The van der Waals surface area contributed by atoms with Gasteiger partial charge in [0.15, 0.2) is 5.11 Å². The Labute approximate surface area is 144 Å². The summed E-state index contributed by atoms with van der Waals surface area (Å²) in [7, 11) is 0. The summed E-state index contributed by atoms with van der Waals surface area (Å²) in [5.41, 5.74) is 2.44. The quantitative estimate of drug-likeness (QED) is 0.622. The molecule has 3 heteroatoms. The molecule has 0 aliphatic heterocycles. The van der Waals surface area contributed by atoms with Gasteiger partial charge in [0.2, 0.25) is 0 Å². The zero-order valence-electron chi connectivity index (χ0n) is 14.0. The standard InChI is InChI=1S/C20H26N2S/c1-12(2)13-6-8-15(9-7-13)21-20(23)22-19-11-14-10-18(19)17-5-3-4-16(14)17/h3,5-9,12,14,16-19H,4,10-11H2,1-2H3,(H2,21,22,23)/t14-,16-,17-,18-,19+/m1/s1. The number of benzene rings is 1. The molecule has 2 fully saturated rings. The number of anilines is 1. The van der Waals surface area contributed by atoms with Gasteiger partial charge in [0.05, 0.1) is 0 Å². The van der Waals surface area contributed by atoms with Crippen LogP contribution in [0, 0.1) is 23.7 Å². The Morgan fingerprint density at radius 1 is 1.13 bits per heavy atom. The van der Waals surface area contributed by atoms with E-state index >= 15 is 0 Å². The molecule has 2 N–H and O–H groups in total. The van der Waals surface area contributed by atoms with E-state index in [0.29, 0.717) is 12.0 Å². The van der Waals surface area contributed by atoms with Crippen LogP contribution in [0.5, 0.6) is 0 Å². The summed E-state index contributed by atoms with van der Waals surface area (Å²) in [4.78, 5) is 0. The van der Waals surface area contributed by atoms with Crippen LogP contribution in [-0.2, 0) is 0 Å². The molecule has 0 saturated heterocycles. The smallest absolute Gasteiger partial charge is 0.171 e. The third kappa shape index (κ3) is 2.80. The number of nitrogens with one attached hydrogen (secondary N) is 2. The maximum absolute atomic E-state index is 5.55. The minimum Gasteiger partial charge on any atom is -0.359 e. The molecule has 0 heterocycles. The van der Waals surface area contributed by atoms with Gasteiger partial charge in [0.1, 0.15) is 0 Å². The minimum atomic E-state index is 0.555. The van der Waals surface area contributed by atoms with Gasteiger partial charge in [0, 0.05) is 11.7 Å². The molecular weight excluding hydrogens is 300 g/mol. The third-order valence-electron chi connectivity index (χ3n) is 6.16. The SMILES string of the molecule is CC(C)c1ccc(NC(=S)N[C@H]2C[C@H]3C[C@@H]2[C@@H]2C=CC[C@H]32)cc1. The lowest BCUT2D eigenvalue weighted by atomic mass is 9.79. The van der Waals surface area contributed by atoms with Crippen molar-refractivity contribution in [3.8, 4) is 0 Å². The second-order valence-corrected chi connectivity index (χ2v) is 8.19. The first-order valence-electron chi connectivity index (χ1n) is 8.96. The largest absolute Gasteiger partial charge is 0.359 e.